The lowest BCUT2D eigenvalue weighted by molar-refractivity contribution is -0.133. The maximum Gasteiger partial charge on any atom is 0.322 e. The molecule has 2 aliphatic heterocycles. The fourth-order valence-electron chi connectivity index (χ4n) is 4.22. The summed E-state index contributed by atoms with van der Waals surface area (Å²) in [7, 11) is 0. The Morgan fingerprint density at radius 1 is 1.04 bits per heavy atom. The third-order valence-corrected chi connectivity index (χ3v) is 5.72. The van der Waals surface area contributed by atoms with Gasteiger partial charge in [-0.2, -0.15) is 0 Å². The number of fused-ring (bicyclic) bond motifs is 1. The molecule has 3 aliphatic rings. The topological polar surface area (TPSA) is 81.8 Å². The molecule has 0 aromatic heterocycles. The molecule has 2 fully saturated rings. The van der Waals surface area contributed by atoms with Crippen LogP contribution >= 0.6 is 0 Å². The minimum absolute atomic E-state index is 0.0632. The van der Waals surface area contributed by atoms with E-state index in [0.29, 0.717) is 12.5 Å². The number of nitrogens with zero attached hydrogens (tertiary/aromatic N) is 2. The highest BCUT2D eigenvalue weighted by atomic mass is 16.2. The Labute approximate surface area is 152 Å². The summed E-state index contributed by atoms with van der Waals surface area (Å²) in [5.41, 5.74) is 2.90. The second-order valence-electron chi connectivity index (χ2n) is 7.30. The Bertz CT molecular complexity index is 702. The van der Waals surface area contributed by atoms with Gasteiger partial charge >= 0.3 is 6.03 Å². The number of nitrogens with one attached hydrogen (secondary N) is 2. The lowest BCUT2D eigenvalue weighted by Crippen LogP contribution is -2.52. The zero-order valence-corrected chi connectivity index (χ0v) is 14.7. The highest BCUT2D eigenvalue weighted by molar-refractivity contribution is 6.04. The Balaban J connectivity index is 1.23. The maximum atomic E-state index is 12.4. The Kier molecular flexibility index (Phi) is 4.63. The second kappa shape index (κ2) is 7.07. The third-order valence-electron chi connectivity index (χ3n) is 5.72. The van der Waals surface area contributed by atoms with Gasteiger partial charge in [-0.25, -0.2) is 4.79 Å². The number of rotatable bonds is 4. The van der Waals surface area contributed by atoms with Crippen molar-refractivity contribution >= 4 is 17.8 Å². The first-order valence-electron chi connectivity index (χ1n) is 9.30. The molecule has 0 radical (unpaired) electrons. The van der Waals surface area contributed by atoms with E-state index in [-0.39, 0.29) is 18.2 Å². The van der Waals surface area contributed by atoms with Gasteiger partial charge in [0.05, 0.1) is 0 Å². The van der Waals surface area contributed by atoms with Gasteiger partial charge in [0.25, 0.3) is 5.91 Å². The largest absolute Gasteiger partial charge is 0.340 e. The number of carbonyl (C=O) groups is 3. The third kappa shape index (κ3) is 3.44. The van der Waals surface area contributed by atoms with Gasteiger partial charge in [0.15, 0.2) is 0 Å². The summed E-state index contributed by atoms with van der Waals surface area (Å²) in [6.45, 7) is 3.25. The van der Waals surface area contributed by atoms with Crippen molar-refractivity contribution in [1.82, 2.24) is 20.4 Å². The quantitative estimate of drug-likeness (QED) is 0.760. The Morgan fingerprint density at radius 2 is 1.69 bits per heavy atom. The van der Waals surface area contributed by atoms with Crippen LogP contribution in [0.1, 0.15) is 24.0 Å². The minimum atomic E-state index is -0.579. The van der Waals surface area contributed by atoms with Crippen LogP contribution in [-0.2, 0) is 22.4 Å². The second-order valence-corrected chi connectivity index (χ2v) is 7.30. The summed E-state index contributed by atoms with van der Waals surface area (Å²) in [5.74, 6) is -0.276. The smallest absolute Gasteiger partial charge is 0.322 e. The normalized spacial score (nSPS) is 23.7. The van der Waals surface area contributed by atoms with Crippen LogP contribution in [0.25, 0.3) is 0 Å². The number of hydrogen-bond donors (Lipinski definition) is 2. The average molecular weight is 356 g/mol. The Morgan fingerprint density at radius 3 is 2.27 bits per heavy atom. The molecular formula is C19H24N4O3. The van der Waals surface area contributed by atoms with Gasteiger partial charge in [0, 0.05) is 38.6 Å². The summed E-state index contributed by atoms with van der Waals surface area (Å²) in [5, 5.41) is 4.73. The molecule has 1 aromatic rings. The maximum absolute atomic E-state index is 12.4. The molecular weight excluding hydrogens is 332 g/mol. The van der Waals surface area contributed by atoms with E-state index in [1.165, 1.54) is 11.1 Å². The van der Waals surface area contributed by atoms with Crippen molar-refractivity contribution in [2.24, 2.45) is 0 Å². The predicted molar refractivity (Wildman–Crippen MR) is 95.5 cm³/mol. The molecule has 0 bridgehead atoms. The molecule has 0 saturated carbocycles. The van der Waals surface area contributed by atoms with Gasteiger partial charge in [-0.1, -0.05) is 24.3 Å². The molecule has 0 spiro atoms. The van der Waals surface area contributed by atoms with Crippen molar-refractivity contribution < 1.29 is 14.4 Å². The van der Waals surface area contributed by atoms with Crippen molar-refractivity contribution in [3.63, 3.8) is 0 Å². The molecule has 26 heavy (non-hydrogen) atoms. The van der Waals surface area contributed by atoms with Gasteiger partial charge in [-0.05, 0) is 30.4 Å². The monoisotopic (exact) mass is 356 g/mol. The minimum Gasteiger partial charge on any atom is -0.340 e. The van der Waals surface area contributed by atoms with Crippen LogP contribution in [0.4, 0.5) is 4.79 Å². The first-order chi connectivity index (χ1) is 12.6. The van der Waals surface area contributed by atoms with Crippen molar-refractivity contribution in [2.75, 3.05) is 26.2 Å². The molecule has 2 heterocycles. The number of amides is 4. The van der Waals surface area contributed by atoms with E-state index in [1.807, 2.05) is 4.90 Å². The molecule has 138 valence electrons. The van der Waals surface area contributed by atoms with Crippen molar-refractivity contribution in [1.29, 1.82) is 0 Å². The van der Waals surface area contributed by atoms with Crippen LogP contribution in [0, 0.1) is 0 Å². The van der Waals surface area contributed by atoms with E-state index in [2.05, 4.69) is 39.8 Å². The number of urea groups is 1. The molecule has 1 aromatic carbocycles. The summed E-state index contributed by atoms with van der Waals surface area (Å²) in [6, 6.07) is 8.13. The van der Waals surface area contributed by atoms with E-state index in [9.17, 15) is 14.4 Å². The zero-order valence-electron chi connectivity index (χ0n) is 14.7. The molecule has 4 rings (SSSR count). The summed E-state index contributed by atoms with van der Waals surface area (Å²) < 4.78 is 0. The number of hydrogen-bond acceptors (Lipinski definition) is 4. The van der Waals surface area contributed by atoms with Crippen LogP contribution in [0.3, 0.4) is 0 Å². The van der Waals surface area contributed by atoms with Crippen LogP contribution in [0.2, 0.25) is 0 Å². The van der Waals surface area contributed by atoms with Crippen molar-refractivity contribution in [3.05, 3.63) is 35.4 Å². The SMILES string of the molecule is O=C1NC(=O)[C@H](CCC(=O)N2CCN(C3Cc4ccccc4C3)CC2)N1. The molecule has 2 saturated heterocycles. The molecule has 1 atom stereocenters. The number of piperazine rings is 1. The van der Waals surface area contributed by atoms with Crippen molar-refractivity contribution in [3.8, 4) is 0 Å². The molecule has 1 aliphatic carbocycles. The van der Waals surface area contributed by atoms with Gasteiger partial charge < -0.3 is 10.2 Å². The predicted octanol–water partition coefficient (Wildman–Crippen LogP) is 0.286. The van der Waals surface area contributed by atoms with Crippen LogP contribution in [-0.4, -0.2) is 65.9 Å². The Hall–Kier alpha value is -2.41. The zero-order chi connectivity index (χ0) is 18.1. The fraction of sp³-hybridized carbons (Fsp3) is 0.526. The molecule has 4 amide bonds. The lowest BCUT2D eigenvalue weighted by Gasteiger charge is -2.38. The standard InChI is InChI=1S/C19H24N4O3/c24-17(6-5-16-18(25)21-19(26)20-16)23-9-7-22(8-10-23)15-11-13-3-1-2-4-14(13)12-15/h1-4,15-16H,5-12H2,(H2,20,21,25,26)/t16-/m0/s1. The van der Waals surface area contributed by atoms with Gasteiger partial charge in [0.1, 0.15) is 6.04 Å². The lowest BCUT2D eigenvalue weighted by atomic mass is 10.1. The average Bonchev–Trinajstić information content (AvgIpc) is 3.22. The van der Waals surface area contributed by atoms with Crippen molar-refractivity contribution in [2.45, 2.75) is 37.8 Å². The number of benzene rings is 1. The molecule has 2 N–H and O–H groups in total. The first-order valence-corrected chi connectivity index (χ1v) is 9.30. The molecule has 7 heteroatoms. The number of carbonyl (C=O) groups excluding carboxylic acids is 3. The first kappa shape index (κ1) is 17.0. The highest BCUT2D eigenvalue weighted by Crippen LogP contribution is 2.26. The summed E-state index contributed by atoms with van der Waals surface area (Å²) >= 11 is 0. The van der Waals surface area contributed by atoms with Gasteiger partial charge in [-0.3, -0.25) is 19.8 Å². The van der Waals surface area contributed by atoms with E-state index in [1.54, 1.807) is 0 Å². The molecule has 0 unspecified atom stereocenters. The van der Waals surface area contributed by atoms with E-state index >= 15 is 0 Å². The van der Waals surface area contributed by atoms with E-state index < -0.39 is 12.1 Å². The van der Waals surface area contributed by atoms with Crippen LogP contribution in [0.15, 0.2) is 24.3 Å². The summed E-state index contributed by atoms with van der Waals surface area (Å²) in [4.78, 5) is 39.4. The van der Waals surface area contributed by atoms with Crippen LogP contribution < -0.4 is 10.6 Å². The van der Waals surface area contributed by atoms with E-state index in [4.69, 9.17) is 0 Å². The van der Waals surface area contributed by atoms with E-state index in [0.717, 1.165) is 39.0 Å². The van der Waals surface area contributed by atoms with Gasteiger partial charge in [0.2, 0.25) is 5.91 Å². The summed E-state index contributed by atoms with van der Waals surface area (Å²) in [6.07, 6.45) is 2.84. The van der Waals surface area contributed by atoms with Crippen LogP contribution in [0.5, 0.6) is 0 Å². The van der Waals surface area contributed by atoms with Gasteiger partial charge in [-0.15, -0.1) is 0 Å². The fourth-order valence-corrected chi connectivity index (χ4v) is 4.22. The highest BCUT2D eigenvalue weighted by Gasteiger charge is 2.32. The molecule has 7 nitrogen and oxygen atoms in total. The number of imide groups is 1.